The van der Waals surface area contributed by atoms with Crippen molar-refractivity contribution in [2.45, 2.75) is 150 Å². The molecule has 0 heterocycles. The number of allylic oxidation sites excluding steroid dienone is 7. The van der Waals surface area contributed by atoms with E-state index in [1.807, 2.05) is 0 Å². The minimum atomic E-state index is -1.39. The van der Waals surface area contributed by atoms with E-state index in [-0.39, 0.29) is 21.7 Å². The van der Waals surface area contributed by atoms with Crippen molar-refractivity contribution in [3.8, 4) is 0 Å². The molecule has 0 aromatic heterocycles. The Kier molecular flexibility index (Phi) is 24.2. The zero-order chi connectivity index (χ0) is 26.7. The first-order valence-electron chi connectivity index (χ1n) is 15.0. The molecule has 0 fully saturated rings. The van der Waals surface area contributed by atoms with Crippen molar-refractivity contribution >= 4 is 7.05 Å². The summed E-state index contributed by atoms with van der Waals surface area (Å²) in [6.07, 6.45) is 28.5. The molecule has 0 spiro atoms. The van der Waals surface area contributed by atoms with Crippen LogP contribution in [-0.4, -0.2) is 17.0 Å². The van der Waals surface area contributed by atoms with Crippen LogP contribution in [0.15, 0.2) is 53.0 Å². The molecule has 0 bridgehead atoms. The summed E-state index contributed by atoms with van der Waals surface area (Å²) in [6.45, 7) is 23.3. The molecule has 0 N–H and O–H groups in total. The quantitative estimate of drug-likeness (QED) is 0.103. The van der Waals surface area contributed by atoms with E-state index >= 15 is 0 Å². The Hall–Kier alpha value is -0.0957. The average Bonchev–Trinajstić information content (AvgIpc) is 3.33. The molecule has 3 heteroatoms. The molecule has 1 aliphatic carbocycles. The van der Waals surface area contributed by atoms with E-state index in [2.05, 4.69) is 112 Å². The van der Waals surface area contributed by atoms with E-state index in [1.54, 1.807) is 0 Å². The van der Waals surface area contributed by atoms with Gasteiger partial charge in [-0.05, 0) is 61.2 Å². The fourth-order valence-electron chi connectivity index (χ4n) is 5.02. The van der Waals surface area contributed by atoms with Crippen molar-refractivity contribution in [2.24, 2.45) is 16.6 Å². The van der Waals surface area contributed by atoms with Gasteiger partial charge in [-0.15, -0.1) is 0 Å². The predicted octanol–water partition coefficient (Wildman–Crippen LogP) is 12.2. The second-order valence-corrected chi connectivity index (χ2v) is 15.8. The first-order valence-corrected chi connectivity index (χ1v) is 16.9. The van der Waals surface area contributed by atoms with Crippen LogP contribution in [0, 0.1) is 11.8 Å². The van der Waals surface area contributed by atoms with Gasteiger partial charge < -0.3 is 0 Å². The van der Waals surface area contributed by atoms with Gasteiger partial charge >= 0.3 is 0 Å². The molecule has 0 radical (unpaired) electrons. The largest absolute Gasteiger partial charge is 0.271 e. The van der Waals surface area contributed by atoms with Crippen LogP contribution in [0.3, 0.4) is 0 Å². The molecule has 3 atom stereocenters. The fourth-order valence-corrected chi connectivity index (χ4v) is 10.6. The van der Waals surface area contributed by atoms with Gasteiger partial charge in [0.2, 0.25) is 0 Å². The van der Waals surface area contributed by atoms with Crippen molar-refractivity contribution in [1.82, 2.24) is 0 Å². The van der Waals surface area contributed by atoms with E-state index in [9.17, 15) is 0 Å². The normalized spacial score (nSPS) is 17.5. The van der Waals surface area contributed by atoms with E-state index in [1.165, 1.54) is 63.5 Å². The Bertz CT molecular complexity index is 640. The van der Waals surface area contributed by atoms with Crippen LogP contribution in [0.4, 0.5) is 0 Å². The van der Waals surface area contributed by atoms with Gasteiger partial charge in [-0.25, -0.2) is 0 Å². The van der Waals surface area contributed by atoms with Gasteiger partial charge in [0.15, 0.2) is 0 Å². The molecule has 36 heavy (non-hydrogen) atoms. The van der Waals surface area contributed by atoms with Gasteiger partial charge in [-0.2, -0.15) is 0 Å². The van der Waals surface area contributed by atoms with Crippen LogP contribution >= 0.6 is 7.05 Å². The van der Waals surface area contributed by atoms with Crippen molar-refractivity contribution in [2.75, 3.05) is 0 Å². The summed E-state index contributed by atoms with van der Waals surface area (Å²) in [5.74, 6) is 1.33. The van der Waals surface area contributed by atoms with Crippen LogP contribution in [-0.2, 0) is 21.7 Å². The van der Waals surface area contributed by atoms with Gasteiger partial charge in [0.05, 0.1) is 0 Å². The van der Waals surface area contributed by atoms with Crippen LogP contribution < -0.4 is 0 Å². The molecular formula is C33H62NPTi. The second kappa shape index (κ2) is 22.8. The Labute approximate surface area is 243 Å². The van der Waals surface area contributed by atoms with E-state index in [4.69, 9.17) is 4.74 Å². The summed E-state index contributed by atoms with van der Waals surface area (Å²) >= 11 is 0. The van der Waals surface area contributed by atoms with E-state index in [0.717, 1.165) is 23.4 Å². The molecule has 0 aromatic rings. The summed E-state index contributed by atoms with van der Waals surface area (Å²) in [5, 5.41) is 0. The van der Waals surface area contributed by atoms with Crippen molar-refractivity contribution < 1.29 is 21.7 Å². The van der Waals surface area contributed by atoms with Crippen molar-refractivity contribution in [1.29, 1.82) is 0 Å². The minimum absolute atomic E-state index is 0. The molecule has 0 aromatic carbocycles. The summed E-state index contributed by atoms with van der Waals surface area (Å²) in [4.78, 5) is 0. The van der Waals surface area contributed by atoms with Crippen LogP contribution in [0.1, 0.15) is 133 Å². The third-order valence-electron chi connectivity index (χ3n) is 7.20. The molecule has 0 saturated heterocycles. The topological polar surface area (TPSA) is 12.4 Å². The van der Waals surface area contributed by atoms with Crippen LogP contribution in [0.2, 0.25) is 0 Å². The van der Waals surface area contributed by atoms with E-state index in [0.29, 0.717) is 11.8 Å². The van der Waals surface area contributed by atoms with Crippen LogP contribution in [0.5, 0.6) is 0 Å². The standard InChI is InChI=1S/C23H44NP.C10H18.Ti/c1-7-10-15-20(4)25(21(5)16-11-8-2,22(6)17-12-9-3)24-23-18-13-14-19-23;1-9(2)7-5-6-8-10(3)4;/h13-14,18,20-22H,7-12,15-17,19H2,1-6H3;5-10H,1-4H3;. The Morgan fingerprint density at radius 1 is 0.722 bits per heavy atom. The van der Waals surface area contributed by atoms with Crippen molar-refractivity contribution in [3.63, 3.8) is 0 Å². The number of hydrogen-bond donors (Lipinski definition) is 0. The monoisotopic (exact) mass is 551 g/mol. The fraction of sp³-hybridized carbons (Fsp3) is 0.758. The summed E-state index contributed by atoms with van der Waals surface area (Å²) in [6, 6.07) is 0. The van der Waals surface area contributed by atoms with Gasteiger partial charge in [0.25, 0.3) is 0 Å². The molecule has 0 saturated carbocycles. The molecule has 1 aliphatic rings. The van der Waals surface area contributed by atoms with Gasteiger partial charge in [-0.1, -0.05) is 144 Å². The first-order chi connectivity index (χ1) is 16.6. The van der Waals surface area contributed by atoms with Crippen molar-refractivity contribution in [3.05, 3.63) is 48.2 Å². The molecular weight excluding hydrogens is 489 g/mol. The zero-order valence-electron chi connectivity index (χ0n) is 25.9. The summed E-state index contributed by atoms with van der Waals surface area (Å²) < 4.78 is 5.68. The Morgan fingerprint density at radius 3 is 1.39 bits per heavy atom. The average molecular weight is 552 g/mol. The maximum atomic E-state index is 5.68. The maximum Gasteiger partial charge on any atom is 0.0425 e. The smallest absolute Gasteiger partial charge is 0.0425 e. The molecule has 208 valence electrons. The third kappa shape index (κ3) is 15.3. The number of unbranched alkanes of at least 4 members (excludes halogenated alkanes) is 3. The second-order valence-electron chi connectivity index (χ2n) is 11.4. The van der Waals surface area contributed by atoms with Crippen LogP contribution in [0.25, 0.3) is 0 Å². The van der Waals surface area contributed by atoms with E-state index < -0.39 is 7.05 Å². The molecule has 0 amide bonds. The summed E-state index contributed by atoms with van der Waals surface area (Å²) in [5.41, 5.74) is 3.68. The SMILES string of the molecule is CC(C)C=CC=CC(C)C.CCCCC(C)P(=NC1=CC=CC1)(C(C)CCCC)C(C)CCCC.[Ti]. The predicted molar refractivity (Wildman–Crippen MR) is 166 cm³/mol. The zero-order valence-corrected chi connectivity index (χ0v) is 28.3. The number of nitrogens with zero attached hydrogens (tertiary/aromatic N) is 1. The number of rotatable bonds is 16. The van der Waals surface area contributed by atoms with Gasteiger partial charge in [0.1, 0.15) is 0 Å². The minimum Gasteiger partial charge on any atom is -0.271 e. The molecule has 1 rings (SSSR count). The first kappa shape index (κ1) is 38.1. The van der Waals surface area contributed by atoms with Gasteiger partial charge in [-0.3, -0.25) is 4.74 Å². The van der Waals surface area contributed by atoms with Gasteiger partial charge in [0, 0.05) is 33.8 Å². The maximum absolute atomic E-state index is 5.68. The molecule has 1 nitrogen and oxygen atoms in total. The molecule has 0 aliphatic heterocycles. The molecule has 3 unspecified atom stereocenters. The Balaban J connectivity index is 0. The third-order valence-corrected chi connectivity index (χ3v) is 12.8. The Morgan fingerprint density at radius 2 is 1.11 bits per heavy atom. The number of hydrogen-bond acceptors (Lipinski definition) is 1. The summed E-state index contributed by atoms with van der Waals surface area (Å²) in [7, 11) is -1.39.